The quantitative estimate of drug-likeness (QED) is 0.545. The van der Waals surface area contributed by atoms with Gasteiger partial charge in [0, 0.05) is 16.8 Å². The van der Waals surface area contributed by atoms with E-state index in [0.717, 1.165) is 16.8 Å². The lowest BCUT2D eigenvalue weighted by molar-refractivity contribution is 0.0647. The first-order chi connectivity index (χ1) is 12.8. The second-order valence-electron chi connectivity index (χ2n) is 6.84. The molecule has 2 rings (SSSR count). The molecule has 0 bridgehead atoms. The van der Waals surface area contributed by atoms with Crippen molar-refractivity contribution in [3.63, 3.8) is 0 Å². The highest BCUT2D eigenvalue weighted by Crippen LogP contribution is 2.25. The first-order valence-corrected chi connectivity index (χ1v) is 12.6. The summed E-state index contributed by atoms with van der Waals surface area (Å²) in [4.78, 5) is 9.50. The standard InChI is InChI=1S/C17H24BrN5O3S2/c1-11(17(2,3)24)20-15-14(18)10-19-16(22-15)21-12-6-8-13(9-7-12)27(4)23-28(5,25)26/h6-11,24H,1-5H3,(H2,19,20,21,22)/t11-,27?/m1/s1. The van der Waals surface area contributed by atoms with Gasteiger partial charge in [0.1, 0.15) is 5.82 Å². The molecule has 0 aliphatic rings. The van der Waals surface area contributed by atoms with Crippen LogP contribution in [0.3, 0.4) is 0 Å². The lowest BCUT2D eigenvalue weighted by Crippen LogP contribution is -2.39. The average molecular weight is 490 g/mol. The summed E-state index contributed by atoms with van der Waals surface area (Å²) in [6, 6.07) is 7.03. The fourth-order valence-corrected chi connectivity index (χ4v) is 4.83. The van der Waals surface area contributed by atoms with E-state index in [-0.39, 0.29) is 6.04 Å². The Balaban J connectivity index is 2.18. The predicted molar refractivity (Wildman–Crippen MR) is 118 cm³/mol. The highest BCUT2D eigenvalue weighted by Gasteiger charge is 2.23. The molecule has 0 amide bonds. The van der Waals surface area contributed by atoms with Crippen molar-refractivity contribution < 1.29 is 13.5 Å². The lowest BCUT2D eigenvalue weighted by Gasteiger charge is -2.27. The fourth-order valence-electron chi connectivity index (χ4n) is 2.02. The van der Waals surface area contributed by atoms with Crippen molar-refractivity contribution in [2.75, 3.05) is 23.1 Å². The van der Waals surface area contributed by atoms with E-state index < -0.39 is 26.3 Å². The van der Waals surface area contributed by atoms with Crippen LogP contribution in [0, 0.1) is 0 Å². The Morgan fingerprint density at radius 3 is 2.43 bits per heavy atom. The van der Waals surface area contributed by atoms with E-state index in [1.165, 1.54) is 0 Å². The molecule has 2 aromatic rings. The van der Waals surface area contributed by atoms with Crippen molar-refractivity contribution in [3.05, 3.63) is 34.9 Å². The third-order valence-electron chi connectivity index (χ3n) is 3.86. The van der Waals surface area contributed by atoms with Crippen LogP contribution in [-0.2, 0) is 20.7 Å². The summed E-state index contributed by atoms with van der Waals surface area (Å²) >= 11 is 3.40. The van der Waals surface area contributed by atoms with Gasteiger partial charge in [0.05, 0.1) is 22.4 Å². The number of rotatable bonds is 7. The monoisotopic (exact) mass is 489 g/mol. The van der Waals surface area contributed by atoms with Crippen LogP contribution in [0.1, 0.15) is 20.8 Å². The Morgan fingerprint density at radius 2 is 1.89 bits per heavy atom. The summed E-state index contributed by atoms with van der Waals surface area (Å²) in [6.07, 6.45) is 4.46. The van der Waals surface area contributed by atoms with Crippen LogP contribution in [0.25, 0.3) is 0 Å². The molecule has 2 atom stereocenters. The zero-order valence-corrected chi connectivity index (χ0v) is 19.5. The molecule has 8 nitrogen and oxygen atoms in total. The normalized spacial score (nSPS) is 14.5. The Bertz CT molecular complexity index is 973. The van der Waals surface area contributed by atoms with Crippen molar-refractivity contribution >= 4 is 54.1 Å². The van der Waals surface area contributed by atoms with Crippen LogP contribution in [-0.4, -0.2) is 47.6 Å². The number of aromatic nitrogens is 2. The summed E-state index contributed by atoms with van der Waals surface area (Å²) in [5.41, 5.74) is -0.161. The molecule has 0 saturated heterocycles. The molecule has 3 N–H and O–H groups in total. The Hall–Kier alpha value is -1.56. The van der Waals surface area contributed by atoms with E-state index in [1.807, 2.05) is 31.2 Å². The van der Waals surface area contributed by atoms with E-state index in [2.05, 4.69) is 40.3 Å². The van der Waals surface area contributed by atoms with Gasteiger partial charge in [-0.3, -0.25) is 0 Å². The van der Waals surface area contributed by atoms with Gasteiger partial charge in [-0.05, 0) is 67.2 Å². The number of nitrogens with one attached hydrogen (secondary N) is 2. The van der Waals surface area contributed by atoms with E-state index in [1.54, 1.807) is 26.3 Å². The second kappa shape index (κ2) is 8.85. The van der Waals surface area contributed by atoms with Gasteiger partial charge in [0.25, 0.3) is 10.0 Å². The molecule has 1 aromatic carbocycles. The molecule has 0 aliphatic heterocycles. The van der Waals surface area contributed by atoms with E-state index in [0.29, 0.717) is 16.2 Å². The molecule has 11 heteroatoms. The number of halogens is 1. The minimum absolute atomic E-state index is 0.230. The number of benzene rings is 1. The number of hydrogen-bond acceptors (Lipinski definition) is 7. The number of anilines is 3. The van der Waals surface area contributed by atoms with Crippen molar-refractivity contribution in [3.8, 4) is 0 Å². The highest BCUT2D eigenvalue weighted by atomic mass is 79.9. The van der Waals surface area contributed by atoms with Gasteiger partial charge < -0.3 is 15.7 Å². The topological polar surface area (TPSA) is 117 Å². The molecule has 154 valence electrons. The summed E-state index contributed by atoms with van der Waals surface area (Å²) in [6.45, 7) is 5.31. The fraction of sp³-hybridized carbons (Fsp3) is 0.412. The van der Waals surface area contributed by atoms with Gasteiger partial charge in [0.15, 0.2) is 0 Å². The maximum absolute atomic E-state index is 11.3. The molecule has 1 heterocycles. The third kappa shape index (κ3) is 6.80. The number of hydrogen-bond donors (Lipinski definition) is 3. The van der Waals surface area contributed by atoms with Crippen molar-refractivity contribution in [1.29, 1.82) is 0 Å². The SMILES string of the molecule is C[C@@H](Nc1nc(Nc2ccc(S(C)=NS(C)(=O)=O)cc2)ncc1Br)C(C)(C)O. The molecule has 0 fully saturated rings. The van der Waals surface area contributed by atoms with Crippen LogP contribution in [0.2, 0.25) is 0 Å². The highest BCUT2D eigenvalue weighted by molar-refractivity contribution is 9.10. The zero-order valence-electron chi connectivity index (χ0n) is 16.3. The van der Waals surface area contributed by atoms with Crippen LogP contribution >= 0.6 is 15.9 Å². The number of aliphatic hydroxyl groups is 1. The van der Waals surface area contributed by atoms with Crippen LogP contribution < -0.4 is 10.6 Å². The number of nitrogens with zero attached hydrogens (tertiary/aromatic N) is 3. The second-order valence-corrected chi connectivity index (χ2v) is 11.2. The van der Waals surface area contributed by atoms with E-state index in [4.69, 9.17) is 0 Å². The summed E-state index contributed by atoms with van der Waals surface area (Å²) in [7, 11) is -4.13. The Morgan fingerprint density at radius 1 is 1.29 bits per heavy atom. The lowest BCUT2D eigenvalue weighted by atomic mass is 10.0. The van der Waals surface area contributed by atoms with E-state index >= 15 is 0 Å². The molecular formula is C17H24BrN5O3S2. The van der Waals surface area contributed by atoms with Crippen LogP contribution in [0.4, 0.5) is 17.5 Å². The first-order valence-electron chi connectivity index (χ1n) is 8.33. The largest absolute Gasteiger partial charge is 0.388 e. The Kier molecular flexibility index (Phi) is 7.18. The number of sulfonamides is 1. The van der Waals surface area contributed by atoms with Crippen LogP contribution in [0.15, 0.2) is 43.6 Å². The van der Waals surface area contributed by atoms with Crippen LogP contribution in [0.5, 0.6) is 0 Å². The minimum Gasteiger partial charge on any atom is -0.388 e. The zero-order chi connectivity index (χ0) is 21.1. The average Bonchev–Trinajstić information content (AvgIpc) is 2.56. The predicted octanol–water partition coefficient (Wildman–Crippen LogP) is 3.30. The third-order valence-corrected chi connectivity index (χ3v) is 7.37. The summed E-state index contributed by atoms with van der Waals surface area (Å²) in [5.74, 6) is 0.948. The van der Waals surface area contributed by atoms with Gasteiger partial charge in [-0.25, -0.2) is 13.4 Å². The molecule has 1 unspecified atom stereocenters. The molecule has 0 aliphatic carbocycles. The molecule has 0 saturated carbocycles. The molecule has 0 radical (unpaired) electrons. The van der Waals surface area contributed by atoms with Gasteiger partial charge in [0.2, 0.25) is 5.95 Å². The molecule has 28 heavy (non-hydrogen) atoms. The molecule has 1 aromatic heterocycles. The van der Waals surface area contributed by atoms with Gasteiger partial charge in [-0.2, -0.15) is 4.98 Å². The summed E-state index contributed by atoms with van der Waals surface area (Å²) < 4.78 is 27.1. The van der Waals surface area contributed by atoms with E-state index in [9.17, 15) is 13.5 Å². The van der Waals surface area contributed by atoms with Gasteiger partial charge >= 0.3 is 0 Å². The van der Waals surface area contributed by atoms with Crippen molar-refractivity contribution in [1.82, 2.24) is 9.97 Å². The first kappa shape index (κ1) is 22.7. The smallest absolute Gasteiger partial charge is 0.256 e. The maximum atomic E-state index is 11.3. The minimum atomic E-state index is -3.39. The summed E-state index contributed by atoms with van der Waals surface area (Å²) in [5, 5.41) is 16.4. The van der Waals surface area contributed by atoms with Crippen molar-refractivity contribution in [2.24, 2.45) is 3.77 Å². The van der Waals surface area contributed by atoms with Gasteiger partial charge in [-0.1, -0.05) is 10.7 Å². The Labute approximate surface area is 176 Å². The van der Waals surface area contributed by atoms with Gasteiger partial charge in [-0.15, -0.1) is 3.77 Å². The molecular weight excluding hydrogens is 466 g/mol. The molecule has 0 spiro atoms. The van der Waals surface area contributed by atoms with Crippen molar-refractivity contribution in [2.45, 2.75) is 37.3 Å². The maximum Gasteiger partial charge on any atom is 0.256 e.